The van der Waals surface area contributed by atoms with E-state index in [-0.39, 0.29) is 25.2 Å². The van der Waals surface area contributed by atoms with Gasteiger partial charge in [-0.25, -0.2) is 4.79 Å². The molecule has 0 aliphatic carbocycles. The maximum absolute atomic E-state index is 12.2. The summed E-state index contributed by atoms with van der Waals surface area (Å²) in [5.74, 6) is -0.863. The number of aliphatic hydroxyl groups excluding tert-OH is 1. The normalized spacial score (nSPS) is 25.7. The monoisotopic (exact) mass is 258 g/mol. The second kappa shape index (κ2) is 5.56. The highest BCUT2D eigenvalue weighted by atomic mass is 16.4. The molecule has 0 saturated carbocycles. The first kappa shape index (κ1) is 14.8. The van der Waals surface area contributed by atoms with Gasteiger partial charge in [-0.15, -0.1) is 0 Å². The summed E-state index contributed by atoms with van der Waals surface area (Å²) in [5.41, 5.74) is -0.864. The molecule has 1 aliphatic rings. The van der Waals surface area contributed by atoms with Crippen molar-refractivity contribution < 1.29 is 19.8 Å². The number of carbonyl (C=O) groups is 2. The molecule has 2 N–H and O–H groups in total. The Morgan fingerprint density at radius 2 is 2.11 bits per heavy atom. The average Bonchev–Trinajstić information content (AvgIpc) is 2.35. The van der Waals surface area contributed by atoms with Crippen molar-refractivity contribution in [2.24, 2.45) is 5.41 Å². The van der Waals surface area contributed by atoms with Crippen molar-refractivity contribution in [1.82, 2.24) is 9.80 Å². The lowest BCUT2D eigenvalue weighted by molar-refractivity contribution is -0.150. The highest BCUT2D eigenvalue weighted by Crippen LogP contribution is 2.30. The highest BCUT2D eigenvalue weighted by Gasteiger charge is 2.40. The number of aliphatic hydroxyl groups is 1. The van der Waals surface area contributed by atoms with Crippen molar-refractivity contribution in [3.8, 4) is 0 Å². The molecular formula is C12H22N2O4. The van der Waals surface area contributed by atoms with Crippen LogP contribution in [-0.4, -0.2) is 64.8 Å². The van der Waals surface area contributed by atoms with Gasteiger partial charge in [0.1, 0.15) is 0 Å². The number of aliphatic carboxylic acids is 1. The van der Waals surface area contributed by atoms with E-state index < -0.39 is 11.4 Å². The van der Waals surface area contributed by atoms with Gasteiger partial charge in [0.15, 0.2) is 0 Å². The van der Waals surface area contributed by atoms with Crippen molar-refractivity contribution >= 4 is 12.0 Å². The summed E-state index contributed by atoms with van der Waals surface area (Å²) < 4.78 is 0. The second-order valence-corrected chi connectivity index (χ2v) is 5.32. The number of urea groups is 1. The van der Waals surface area contributed by atoms with Crippen LogP contribution in [0.4, 0.5) is 4.79 Å². The smallest absolute Gasteiger partial charge is 0.320 e. The third-order valence-corrected chi connectivity index (χ3v) is 3.71. The Morgan fingerprint density at radius 3 is 2.61 bits per heavy atom. The van der Waals surface area contributed by atoms with E-state index in [4.69, 9.17) is 5.11 Å². The number of likely N-dealkylation sites (N-methyl/N-ethyl adjacent to an activating group) is 1. The van der Waals surface area contributed by atoms with Crippen LogP contribution >= 0.6 is 0 Å². The Morgan fingerprint density at radius 1 is 1.50 bits per heavy atom. The van der Waals surface area contributed by atoms with Crippen LogP contribution in [0.2, 0.25) is 0 Å². The number of nitrogens with zero attached hydrogens (tertiary/aromatic N) is 2. The molecule has 18 heavy (non-hydrogen) atoms. The van der Waals surface area contributed by atoms with E-state index in [1.807, 2.05) is 0 Å². The molecule has 2 atom stereocenters. The van der Waals surface area contributed by atoms with E-state index in [1.54, 1.807) is 25.8 Å². The van der Waals surface area contributed by atoms with Crippen LogP contribution in [-0.2, 0) is 4.79 Å². The molecule has 1 fully saturated rings. The lowest BCUT2D eigenvalue weighted by Gasteiger charge is -2.40. The van der Waals surface area contributed by atoms with Gasteiger partial charge in [-0.05, 0) is 26.7 Å². The van der Waals surface area contributed by atoms with Crippen molar-refractivity contribution in [2.75, 3.05) is 26.7 Å². The first-order valence-corrected chi connectivity index (χ1v) is 6.18. The number of piperidine rings is 1. The van der Waals surface area contributed by atoms with Crippen LogP contribution in [0.15, 0.2) is 0 Å². The predicted molar refractivity (Wildman–Crippen MR) is 66.3 cm³/mol. The molecule has 0 bridgehead atoms. The van der Waals surface area contributed by atoms with Crippen LogP contribution < -0.4 is 0 Å². The zero-order valence-corrected chi connectivity index (χ0v) is 11.2. The Balaban J connectivity index is 2.72. The summed E-state index contributed by atoms with van der Waals surface area (Å²) >= 11 is 0. The highest BCUT2D eigenvalue weighted by molar-refractivity contribution is 5.78. The van der Waals surface area contributed by atoms with Gasteiger partial charge in [0.2, 0.25) is 0 Å². The Hall–Kier alpha value is -1.30. The number of hydrogen-bond acceptors (Lipinski definition) is 3. The summed E-state index contributed by atoms with van der Waals surface area (Å²) in [6, 6.07) is -0.487. The van der Waals surface area contributed by atoms with Gasteiger partial charge in [-0.2, -0.15) is 0 Å². The molecule has 0 spiro atoms. The quantitative estimate of drug-likeness (QED) is 0.777. The standard InChI is InChI=1S/C12H22N2O4/c1-9(7-15)13(3)11(18)14-6-4-5-12(2,8-14)10(16)17/h9,15H,4-8H2,1-3H3,(H,16,17). The van der Waals surface area contributed by atoms with Crippen LogP contribution in [0, 0.1) is 5.41 Å². The second-order valence-electron chi connectivity index (χ2n) is 5.32. The maximum atomic E-state index is 12.2. The van der Waals surface area contributed by atoms with Gasteiger partial charge in [-0.3, -0.25) is 4.79 Å². The van der Waals surface area contributed by atoms with Gasteiger partial charge >= 0.3 is 12.0 Å². The fourth-order valence-corrected chi connectivity index (χ4v) is 2.11. The van der Waals surface area contributed by atoms with E-state index in [1.165, 1.54) is 4.90 Å². The predicted octanol–water partition coefficient (Wildman–Crippen LogP) is 0.606. The third-order valence-electron chi connectivity index (χ3n) is 3.71. The minimum atomic E-state index is -0.864. The van der Waals surface area contributed by atoms with Crippen molar-refractivity contribution in [2.45, 2.75) is 32.7 Å². The Labute approximate surface area is 107 Å². The molecule has 104 valence electrons. The Bertz CT molecular complexity index is 334. The number of carboxylic acid groups (broad SMARTS) is 1. The lowest BCUT2D eigenvalue weighted by atomic mass is 9.82. The molecule has 0 aromatic rings. The summed E-state index contributed by atoms with van der Waals surface area (Å²) in [7, 11) is 1.62. The molecule has 1 saturated heterocycles. The van der Waals surface area contributed by atoms with Crippen LogP contribution in [0.5, 0.6) is 0 Å². The molecule has 0 aromatic carbocycles. The fourth-order valence-electron chi connectivity index (χ4n) is 2.11. The van der Waals surface area contributed by atoms with E-state index in [0.717, 1.165) is 0 Å². The summed E-state index contributed by atoms with van der Waals surface area (Å²) in [5, 5.41) is 18.2. The minimum absolute atomic E-state index is 0.105. The number of carbonyl (C=O) groups excluding carboxylic acids is 1. The molecule has 1 heterocycles. The molecule has 0 aromatic heterocycles. The first-order valence-electron chi connectivity index (χ1n) is 6.18. The number of carboxylic acids is 1. The van der Waals surface area contributed by atoms with Gasteiger partial charge in [-0.1, -0.05) is 0 Å². The number of rotatable bonds is 3. The van der Waals surface area contributed by atoms with E-state index in [9.17, 15) is 14.7 Å². The van der Waals surface area contributed by atoms with Gasteiger partial charge in [0.25, 0.3) is 0 Å². The molecule has 2 amide bonds. The Kier molecular flexibility index (Phi) is 4.56. The maximum Gasteiger partial charge on any atom is 0.320 e. The molecule has 2 unspecified atom stereocenters. The van der Waals surface area contributed by atoms with Crippen LogP contribution in [0.25, 0.3) is 0 Å². The SMILES string of the molecule is CC(CO)N(C)C(=O)N1CCCC(C)(C(=O)O)C1. The van der Waals surface area contributed by atoms with Crippen molar-refractivity contribution in [3.63, 3.8) is 0 Å². The summed E-state index contributed by atoms with van der Waals surface area (Å²) in [6.07, 6.45) is 1.28. The van der Waals surface area contributed by atoms with Gasteiger partial charge < -0.3 is 20.0 Å². The van der Waals surface area contributed by atoms with Crippen LogP contribution in [0.3, 0.4) is 0 Å². The largest absolute Gasteiger partial charge is 0.481 e. The number of amides is 2. The zero-order chi connectivity index (χ0) is 13.9. The first-order chi connectivity index (χ1) is 8.31. The number of likely N-dealkylation sites (tertiary alicyclic amines) is 1. The van der Waals surface area contributed by atoms with Crippen molar-refractivity contribution in [1.29, 1.82) is 0 Å². The average molecular weight is 258 g/mol. The van der Waals surface area contributed by atoms with Crippen LogP contribution in [0.1, 0.15) is 26.7 Å². The number of hydrogen-bond donors (Lipinski definition) is 2. The molecule has 0 radical (unpaired) electrons. The van der Waals surface area contributed by atoms with E-state index >= 15 is 0 Å². The molecule has 1 rings (SSSR count). The topological polar surface area (TPSA) is 81.1 Å². The van der Waals surface area contributed by atoms with E-state index in [0.29, 0.717) is 19.4 Å². The third kappa shape index (κ3) is 2.93. The molecular weight excluding hydrogens is 236 g/mol. The van der Waals surface area contributed by atoms with E-state index in [2.05, 4.69) is 0 Å². The zero-order valence-electron chi connectivity index (χ0n) is 11.2. The minimum Gasteiger partial charge on any atom is -0.481 e. The fraction of sp³-hybridized carbons (Fsp3) is 0.833. The summed E-state index contributed by atoms with van der Waals surface area (Å²) in [6.45, 7) is 4.11. The molecule has 1 aliphatic heterocycles. The molecule has 6 heteroatoms. The van der Waals surface area contributed by atoms with Gasteiger partial charge in [0, 0.05) is 20.1 Å². The molecule has 6 nitrogen and oxygen atoms in total. The summed E-state index contributed by atoms with van der Waals surface area (Å²) in [4.78, 5) is 26.4. The van der Waals surface area contributed by atoms with Gasteiger partial charge in [0.05, 0.1) is 18.1 Å². The van der Waals surface area contributed by atoms with Crippen molar-refractivity contribution in [3.05, 3.63) is 0 Å². The lowest BCUT2D eigenvalue weighted by Crippen LogP contribution is -2.53.